The number of amides is 1. The van der Waals surface area contributed by atoms with Crippen LogP contribution in [0.15, 0.2) is 28.6 Å². The Morgan fingerprint density at radius 3 is 2.80 bits per heavy atom. The van der Waals surface area contributed by atoms with E-state index < -0.39 is 0 Å². The summed E-state index contributed by atoms with van der Waals surface area (Å²) in [4.78, 5) is 11.7. The van der Waals surface area contributed by atoms with Crippen molar-refractivity contribution in [1.82, 2.24) is 10.2 Å². The predicted octanol–water partition coefficient (Wildman–Crippen LogP) is 2.84. The third-order valence-electron chi connectivity index (χ3n) is 2.19. The fourth-order valence-corrected chi connectivity index (χ4v) is 2.97. The molecule has 5 nitrogen and oxygen atoms in total. The zero-order valence-corrected chi connectivity index (χ0v) is 12.4. The molecule has 1 aromatic carbocycles. The summed E-state index contributed by atoms with van der Waals surface area (Å²) in [5, 5.41) is 14.4. The summed E-state index contributed by atoms with van der Waals surface area (Å²) in [6.07, 6.45) is 0. The first kappa shape index (κ1) is 14.7. The summed E-state index contributed by atoms with van der Waals surface area (Å²) in [6, 6.07) is 5.64. The van der Waals surface area contributed by atoms with Gasteiger partial charge in [-0.1, -0.05) is 23.1 Å². The molecule has 0 bridgehead atoms. The highest BCUT2D eigenvalue weighted by atomic mass is 32.2. The number of hydrogen-bond donors (Lipinski definition) is 2. The van der Waals surface area contributed by atoms with E-state index in [9.17, 15) is 9.18 Å². The normalized spacial score (nSPS) is 10.3. The number of carbonyl (C=O) groups excluding carboxylic acids is 1. The fraction of sp³-hybridized carbons (Fsp3) is 0.250. The maximum Gasteiger partial charge on any atom is 0.234 e. The molecule has 1 aromatic heterocycles. The second kappa shape index (κ2) is 7.20. The van der Waals surface area contributed by atoms with Gasteiger partial charge in [-0.05, 0) is 31.2 Å². The largest absolute Gasteiger partial charge is 0.360 e. The lowest BCUT2D eigenvalue weighted by Crippen LogP contribution is -2.13. The molecular formula is C12H13FN4OS2. The van der Waals surface area contributed by atoms with E-state index in [4.69, 9.17) is 0 Å². The molecule has 20 heavy (non-hydrogen) atoms. The molecule has 2 aromatic rings. The Morgan fingerprint density at radius 2 is 2.10 bits per heavy atom. The quantitative estimate of drug-likeness (QED) is 0.803. The van der Waals surface area contributed by atoms with Crippen molar-refractivity contribution in [2.24, 2.45) is 0 Å². The van der Waals surface area contributed by atoms with Crippen LogP contribution in [0.4, 0.5) is 15.2 Å². The van der Waals surface area contributed by atoms with E-state index in [0.717, 1.165) is 16.0 Å². The summed E-state index contributed by atoms with van der Waals surface area (Å²) >= 11 is 2.72. The van der Waals surface area contributed by atoms with Crippen molar-refractivity contribution in [1.29, 1.82) is 0 Å². The monoisotopic (exact) mass is 312 g/mol. The molecule has 106 valence electrons. The van der Waals surface area contributed by atoms with Crippen LogP contribution in [-0.2, 0) is 4.79 Å². The second-order valence-electron chi connectivity index (χ2n) is 3.75. The van der Waals surface area contributed by atoms with Crippen LogP contribution in [-0.4, -0.2) is 28.4 Å². The first-order chi connectivity index (χ1) is 9.67. The van der Waals surface area contributed by atoms with Crippen molar-refractivity contribution >= 4 is 39.8 Å². The van der Waals surface area contributed by atoms with Gasteiger partial charge in [0, 0.05) is 12.2 Å². The highest BCUT2D eigenvalue weighted by molar-refractivity contribution is 8.01. The van der Waals surface area contributed by atoms with Gasteiger partial charge in [-0.15, -0.1) is 10.2 Å². The van der Waals surface area contributed by atoms with Crippen LogP contribution in [0.3, 0.4) is 0 Å². The number of carbonyl (C=O) groups is 1. The molecule has 2 rings (SSSR count). The summed E-state index contributed by atoms with van der Waals surface area (Å²) in [5.41, 5.74) is 0.572. The Morgan fingerprint density at radius 1 is 1.35 bits per heavy atom. The summed E-state index contributed by atoms with van der Waals surface area (Å²) in [6.45, 7) is 2.76. The van der Waals surface area contributed by atoms with Crippen LogP contribution in [0.25, 0.3) is 0 Å². The molecule has 0 unspecified atom stereocenters. The average molecular weight is 312 g/mol. The minimum absolute atomic E-state index is 0.165. The number of halogens is 1. The van der Waals surface area contributed by atoms with E-state index >= 15 is 0 Å². The van der Waals surface area contributed by atoms with Crippen LogP contribution < -0.4 is 10.6 Å². The summed E-state index contributed by atoms with van der Waals surface area (Å²) in [5.74, 6) is -0.262. The van der Waals surface area contributed by atoms with Gasteiger partial charge >= 0.3 is 0 Å². The number of benzene rings is 1. The van der Waals surface area contributed by atoms with Gasteiger partial charge in [0.25, 0.3) is 0 Å². The molecule has 0 atom stereocenters. The van der Waals surface area contributed by atoms with Crippen molar-refractivity contribution in [2.75, 3.05) is 22.9 Å². The van der Waals surface area contributed by atoms with Crippen LogP contribution in [0, 0.1) is 5.82 Å². The van der Waals surface area contributed by atoms with Crippen molar-refractivity contribution in [3.63, 3.8) is 0 Å². The molecule has 0 fully saturated rings. The maximum atomic E-state index is 12.7. The molecule has 0 radical (unpaired) electrons. The van der Waals surface area contributed by atoms with Crippen molar-refractivity contribution < 1.29 is 9.18 Å². The number of anilines is 2. The lowest BCUT2D eigenvalue weighted by atomic mass is 10.3. The number of nitrogens with one attached hydrogen (secondary N) is 2. The van der Waals surface area contributed by atoms with Crippen LogP contribution >= 0.6 is 23.1 Å². The minimum atomic E-state index is -0.331. The fourth-order valence-electron chi connectivity index (χ4n) is 1.35. The Labute approximate surface area is 124 Å². The van der Waals surface area contributed by atoms with Crippen LogP contribution in [0.2, 0.25) is 0 Å². The lowest BCUT2D eigenvalue weighted by Gasteiger charge is -2.03. The Balaban J connectivity index is 1.80. The van der Waals surface area contributed by atoms with Crippen molar-refractivity contribution in [3.8, 4) is 0 Å². The van der Waals surface area contributed by atoms with Gasteiger partial charge in [-0.25, -0.2) is 4.39 Å². The standard InChI is InChI=1S/C12H13FN4OS2/c1-2-14-11-16-17-12(20-11)19-7-10(18)15-9-5-3-8(13)4-6-9/h3-6H,2,7H2,1H3,(H,14,16)(H,15,18). The molecule has 0 saturated heterocycles. The first-order valence-corrected chi connectivity index (χ1v) is 7.73. The zero-order valence-electron chi connectivity index (χ0n) is 10.7. The Bertz CT molecular complexity index is 573. The van der Waals surface area contributed by atoms with E-state index in [1.165, 1.54) is 47.4 Å². The van der Waals surface area contributed by atoms with Gasteiger partial charge in [0.15, 0.2) is 4.34 Å². The van der Waals surface area contributed by atoms with Crippen molar-refractivity contribution in [2.45, 2.75) is 11.3 Å². The molecule has 0 spiro atoms. The van der Waals surface area contributed by atoms with Gasteiger partial charge in [0.05, 0.1) is 5.75 Å². The molecule has 0 aliphatic rings. The van der Waals surface area contributed by atoms with E-state index in [0.29, 0.717) is 5.69 Å². The topological polar surface area (TPSA) is 66.9 Å². The van der Waals surface area contributed by atoms with E-state index in [1.54, 1.807) is 0 Å². The first-order valence-electron chi connectivity index (χ1n) is 5.93. The highest BCUT2D eigenvalue weighted by Gasteiger charge is 2.08. The van der Waals surface area contributed by atoms with Crippen LogP contribution in [0.1, 0.15) is 6.92 Å². The zero-order chi connectivity index (χ0) is 14.4. The molecule has 8 heteroatoms. The molecule has 1 heterocycles. The van der Waals surface area contributed by atoms with E-state index in [2.05, 4.69) is 20.8 Å². The minimum Gasteiger partial charge on any atom is -0.360 e. The third kappa shape index (κ3) is 4.46. The molecular weight excluding hydrogens is 299 g/mol. The molecule has 2 N–H and O–H groups in total. The molecule has 0 aliphatic heterocycles. The molecule has 0 saturated carbocycles. The number of rotatable bonds is 6. The second-order valence-corrected chi connectivity index (χ2v) is 5.95. The van der Waals surface area contributed by atoms with E-state index in [-0.39, 0.29) is 17.5 Å². The lowest BCUT2D eigenvalue weighted by molar-refractivity contribution is -0.113. The molecule has 0 aliphatic carbocycles. The average Bonchev–Trinajstić information content (AvgIpc) is 2.87. The maximum absolute atomic E-state index is 12.7. The third-order valence-corrected chi connectivity index (χ3v) is 4.20. The molecule has 1 amide bonds. The SMILES string of the molecule is CCNc1nnc(SCC(=O)Nc2ccc(F)cc2)s1. The Kier molecular flexibility index (Phi) is 5.31. The van der Waals surface area contributed by atoms with Gasteiger partial charge in [-0.3, -0.25) is 4.79 Å². The number of hydrogen-bond acceptors (Lipinski definition) is 6. The van der Waals surface area contributed by atoms with E-state index in [1.807, 2.05) is 6.92 Å². The highest BCUT2D eigenvalue weighted by Crippen LogP contribution is 2.25. The summed E-state index contributed by atoms with van der Waals surface area (Å²) in [7, 11) is 0. The number of thioether (sulfide) groups is 1. The van der Waals surface area contributed by atoms with Crippen LogP contribution in [0.5, 0.6) is 0 Å². The van der Waals surface area contributed by atoms with Crippen molar-refractivity contribution in [3.05, 3.63) is 30.1 Å². The van der Waals surface area contributed by atoms with Gasteiger partial charge in [-0.2, -0.15) is 0 Å². The van der Waals surface area contributed by atoms with Gasteiger partial charge in [0.2, 0.25) is 11.0 Å². The smallest absolute Gasteiger partial charge is 0.234 e. The summed E-state index contributed by atoms with van der Waals surface area (Å²) < 4.78 is 13.5. The predicted molar refractivity (Wildman–Crippen MR) is 79.8 cm³/mol. The Hall–Kier alpha value is -1.67. The van der Waals surface area contributed by atoms with Gasteiger partial charge in [0.1, 0.15) is 5.82 Å². The number of aromatic nitrogens is 2. The number of nitrogens with zero attached hydrogens (tertiary/aromatic N) is 2. The van der Waals surface area contributed by atoms with Gasteiger partial charge < -0.3 is 10.6 Å².